The molecule has 2 aromatic rings. The van der Waals surface area contributed by atoms with E-state index in [0.29, 0.717) is 13.1 Å². The zero-order valence-electron chi connectivity index (χ0n) is 14.8. The van der Waals surface area contributed by atoms with E-state index in [0.717, 1.165) is 43.2 Å². The predicted octanol–water partition coefficient (Wildman–Crippen LogP) is 1.33. The van der Waals surface area contributed by atoms with Crippen molar-refractivity contribution in [1.29, 1.82) is 0 Å². The summed E-state index contributed by atoms with van der Waals surface area (Å²) in [6.45, 7) is 4.51. The molecule has 136 valence electrons. The normalized spacial score (nSPS) is 20.3. The predicted molar refractivity (Wildman–Crippen MR) is 102 cm³/mol. The van der Waals surface area contributed by atoms with Crippen molar-refractivity contribution >= 4 is 17.4 Å². The highest BCUT2D eigenvalue weighted by Crippen LogP contribution is 2.35. The number of aliphatic hydroxyl groups is 1. The second-order valence-electron chi connectivity index (χ2n) is 6.89. The van der Waals surface area contributed by atoms with E-state index in [2.05, 4.69) is 14.8 Å². The van der Waals surface area contributed by atoms with Crippen LogP contribution in [0.15, 0.2) is 48.7 Å². The SMILES string of the molecule is O=C(CN1CCN(c2ccccn2)CC1)N1CC(CO)c2ccccc21. The fourth-order valence-electron chi connectivity index (χ4n) is 3.84. The number of rotatable bonds is 4. The van der Waals surface area contributed by atoms with Crippen molar-refractivity contribution < 1.29 is 9.90 Å². The van der Waals surface area contributed by atoms with Crippen molar-refractivity contribution in [2.75, 3.05) is 55.7 Å². The molecule has 0 radical (unpaired) electrons. The van der Waals surface area contributed by atoms with Gasteiger partial charge in [-0.25, -0.2) is 4.98 Å². The minimum absolute atomic E-state index is 0.0242. The number of piperazine rings is 1. The first-order valence-electron chi connectivity index (χ1n) is 9.15. The van der Waals surface area contributed by atoms with Crippen LogP contribution in [0.25, 0.3) is 0 Å². The van der Waals surface area contributed by atoms with Crippen LogP contribution in [0, 0.1) is 0 Å². The van der Waals surface area contributed by atoms with E-state index >= 15 is 0 Å². The Morgan fingerprint density at radius 3 is 2.58 bits per heavy atom. The molecule has 4 rings (SSSR count). The molecule has 2 aliphatic heterocycles. The van der Waals surface area contributed by atoms with E-state index in [9.17, 15) is 9.90 Å². The smallest absolute Gasteiger partial charge is 0.241 e. The van der Waals surface area contributed by atoms with Crippen molar-refractivity contribution in [2.45, 2.75) is 5.92 Å². The van der Waals surface area contributed by atoms with Crippen molar-refractivity contribution in [3.63, 3.8) is 0 Å². The molecule has 6 heteroatoms. The van der Waals surface area contributed by atoms with Crippen LogP contribution in [0.5, 0.6) is 0 Å². The molecule has 1 unspecified atom stereocenters. The molecular weight excluding hydrogens is 328 g/mol. The van der Waals surface area contributed by atoms with Crippen LogP contribution >= 0.6 is 0 Å². The monoisotopic (exact) mass is 352 g/mol. The van der Waals surface area contributed by atoms with Crippen molar-refractivity contribution in [2.24, 2.45) is 0 Å². The minimum atomic E-state index is 0.0242. The second-order valence-corrected chi connectivity index (χ2v) is 6.89. The lowest BCUT2D eigenvalue weighted by Gasteiger charge is -2.35. The number of amides is 1. The average molecular weight is 352 g/mol. The molecule has 1 fully saturated rings. The zero-order valence-corrected chi connectivity index (χ0v) is 14.8. The molecule has 6 nitrogen and oxygen atoms in total. The standard InChI is InChI=1S/C20H24N4O2/c25-15-16-13-24(18-6-2-1-5-17(16)18)20(26)14-22-9-11-23(12-10-22)19-7-3-4-8-21-19/h1-8,16,25H,9-15H2. The molecule has 0 aliphatic carbocycles. The third-order valence-corrected chi connectivity index (χ3v) is 5.30. The summed E-state index contributed by atoms with van der Waals surface area (Å²) in [5, 5.41) is 9.61. The molecule has 0 bridgehead atoms. The van der Waals surface area contributed by atoms with Crippen LogP contribution in [0.2, 0.25) is 0 Å². The van der Waals surface area contributed by atoms with Gasteiger partial charge < -0.3 is 14.9 Å². The van der Waals surface area contributed by atoms with Gasteiger partial charge in [0.15, 0.2) is 0 Å². The molecule has 1 saturated heterocycles. The van der Waals surface area contributed by atoms with Crippen LogP contribution < -0.4 is 9.80 Å². The summed E-state index contributed by atoms with van der Waals surface area (Å²) >= 11 is 0. The number of fused-ring (bicyclic) bond motifs is 1. The summed E-state index contributed by atoms with van der Waals surface area (Å²) in [5.41, 5.74) is 2.02. The van der Waals surface area contributed by atoms with Gasteiger partial charge in [0.1, 0.15) is 5.82 Å². The Kier molecular flexibility index (Phi) is 4.86. The van der Waals surface area contributed by atoms with Crippen molar-refractivity contribution in [1.82, 2.24) is 9.88 Å². The van der Waals surface area contributed by atoms with E-state index < -0.39 is 0 Å². The van der Waals surface area contributed by atoms with Gasteiger partial charge >= 0.3 is 0 Å². The Morgan fingerprint density at radius 2 is 1.85 bits per heavy atom. The number of hydrogen-bond donors (Lipinski definition) is 1. The van der Waals surface area contributed by atoms with Crippen molar-refractivity contribution in [3.8, 4) is 0 Å². The first kappa shape index (κ1) is 17.0. The quantitative estimate of drug-likeness (QED) is 0.900. The van der Waals surface area contributed by atoms with Gasteiger partial charge in [-0.2, -0.15) is 0 Å². The third kappa shape index (κ3) is 3.30. The van der Waals surface area contributed by atoms with E-state index in [1.165, 1.54) is 0 Å². The summed E-state index contributed by atoms with van der Waals surface area (Å²) in [6.07, 6.45) is 1.81. The van der Waals surface area contributed by atoms with Crippen LogP contribution in [0.4, 0.5) is 11.5 Å². The van der Waals surface area contributed by atoms with Gasteiger partial charge in [-0.3, -0.25) is 9.69 Å². The fourth-order valence-corrected chi connectivity index (χ4v) is 3.84. The molecule has 1 aromatic carbocycles. The molecule has 1 amide bonds. The van der Waals surface area contributed by atoms with E-state index in [-0.39, 0.29) is 18.4 Å². The number of para-hydroxylation sites is 1. The number of aliphatic hydroxyl groups excluding tert-OH is 1. The van der Waals surface area contributed by atoms with Gasteiger partial charge in [-0.1, -0.05) is 24.3 Å². The first-order valence-corrected chi connectivity index (χ1v) is 9.15. The number of nitrogens with zero attached hydrogens (tertiary/aromatic N) is 4. The Hall–Kier alpha value is -2.44. The number of benzene rings is 1. The fraction of sp³-hybridized carbons (Fsp3) is 0.400. The molecular formula is C20H24N4O2. The maximum absolute atomic E-state index is 12.9. The summed E-state index contributed by atoms with van der Waals surface area (Å²) in [6, 6.07) is 13.8. The highest BCUT2D eigenvalue weighted by atomic mass is 16.3. The Balaban J connectivity index is 1.36. The number of carbonyl (C=O) groups is 1. The zero-order chi connectivity index (χ0) is 17.9. The number of anilines is 2. The summed E-state index contributed by atoms with van der Waals surface area (Å²) in [4.78, 5) is 23.6. The van der Waals surface area contributed by atoms with E-state index in [4.69, 9.17) is 0 Å². The topological polar surface area (TPSA) is 59.9 Å². The molecule has 26 heavy (non-hydrogen) atoms. The Morgan fingerprint density at radius 1 is 1.08 bits per heavy atom. The van der Waals surface area contributed by atoms with Crippen LogP contribution in [-0.4, -0.2) is 66.8 Å². The van der Waals surface area contributed by atoms with Crippen LogP contribution in [-0.2, 0) is 4.79 Å². The maximum Gasteiger partial charge on any atom is 0.241 e. The summed E-state index contributed by atoms with van der Waals surface area (Å²) in [5.74, 6) is 1.13. The lowest BCUT2D eigenvalue weighted by atomic mass is 10.0. The van der Waals surface area contributed by atoms with Gasteiger partial charge in [0.25, 0.3) is 0 Å². The van der Waals surface area contributed by atoms with Crippen molar-refractivity contribution in [3.05, 3.63) is 54.2 Å². The van der Waals surface area contributed by atoms with E-state index in [1.54, 1.807) is 0 Å². The largest absolute Gasteiger partial charge is 0.396 e. The summed E-state index contributed by atoms with van der Waals surface area (Å²) < 4.78 is 0. The molecule has 0 saturated carbocycles. The number of pyridine rings is 1. The van der Waals surface area contributed by atoms with Crippen LogP contribution in [0.1, 0.15) is 11.5 Å². The Labute approximate surface area is 153 Å². The minimum Gasteiger partial charge on any atom is -0.396 e. The molecule has 1 atom stereocenters. The second kappa shape index (κ2) is 7.43. The van der Waals surface area contributed by atoms with Gasteiger partial charge in [0.05, 0.1) is 13.2 Å². The molecule has 3 heterocycles. The average Bonchev–Trinajstić information content (AvgIpc) is 3.08. The molecule has 0 spiro atoms. The lowest BCUT2D eigenvalue weighted by molar-refractivity contribution is -0.119. The molecule has 2 aliphatic rings. The van der Waals surface area contributed by atoms with E-state index in [1.807, 2.05) is 53.6 Å². The molecule has 1 N–H and O–H groups in total. The summed E-state index contributed by atoms with van der Waals surface area (Å²) in [7, 11) is 0. The van der Waals surface area contributed by atoms with Gasteiger partial charge in [0.2, 0.25) is 5.91 Å². The van der Waals surface area contributed by atoms with Gasteiger partial charge in [-0.15, -0.1) is 0 Å². The number of hydrogen-bond acceptors (Lipinski definition) is 5. The first-order chi connectivity index (χ1) is 12.8. The third-order valence-electron chi connectivity index (χ3n) is 5.30. The van der Waals surface area contributed by atoms with Gasteiger partial charge in [0, 0.05) is 50.5 Å². The van der Waals surface area contributed by atoms with Crippen LogP contribution in [0.3, 0.4) is 0 Å². The number of carbonyl (C=O) groups excluding carboxylic acids is 1. The lowest BCUT2D eigenvalue weighted by Crippen LogP contribution is -2.50. The highest BCUT2D eigenvalue weighted by Gasteiger charge is 2.32. The molecule has 1 aromatic heterocycles. The Bertz CT molecular complexity index is 759. The van der Waals surface area contributed by atoms with Gasteiger partial charge in [-0.05, 0) is 23.8 Å². The highest BCUT2D eigenvalue weighted by molar-refractivity contribution is 5.97. The maximum atomic E-state index is 12.9. The number of aromatic nitrogens is 1.